The van der Waals surface area contributed by atoms with Gasteiger partial charge in [-0.1, -0.05) is 12.1 Å². The van der Waals surface area contributed by atoms with Crippen molar-refractivity contribution < 1.29 is 4.74 Å². The molecule has 0 amide bonds. The van der Waals surface area contributed by atoms with Crippen molar-refractivity contribution in [1.82, 2.24) is 15.1 Å². The van der Waals surface area contributed by atoms with Gasteiger partial charge in [-0.15, -0.1) is 0 Å². The number of hydrogen-bond acceptors (Lipinski definition) is 3. The summed E-state index contributed by atoms with van der Waals surface area (Å²) in [6.07, 6.45) is 2.87. The van der Waals surface area contributed by atoms with Crippen LogP contribution in [-0.2, 0) is 13.0 Å². The molecule has 4 nitrogen and oxygen atoms in total. The van der Waals surface area contributed by atoms with Crippen molar-refractivity contribution in [1.29, 1.82) is 0 Å². The van der Waals surface area contributed by atoms with E-state index < -0.39 is 0 Å². The maximum atomic E-state index is 5.56. The molecule has 1 aliphatic heterocycles. The van der Waals surface area contributed by atoms with Gasteiger partial charge in [0.25, 0.3) is 0 Å². The first-order valence-electron chi connectivity index (χ1n) is 6.78. The molecule has 1 aliphatic rings. The van der Waals surface area contributed by atoms with E-state index in [0.717, 1.165) is 25.3 Å². The SMILES string of the molecule is CCn1nccc1C(NC)c1ccc2c(c1)CCO2. The summed E-state index contributed by atoms with van der Waals surface area (Å²) < 4.78 is 7.60. The van der Waals surface area contributed by atoms with Crippen molar-refractivity contribution in [3.8, 4) is 5.75 Å². The van der Waals surface area contributed by atoms with Gasteiger partial charge in [0, 0.05) is 19.2 Å². The number of aromatic nitrogens is 2. The average molecular weight is 257 g/mol. The molecular formula is C15H19N3O. The summed E-state index contributed by atoms with van der Waals surface area (Å²) >= 11 is 0. The van der Waals surface area contributed by atoms with Crippen molar-refractivity contribution in [3.05, 3.63) is 47.3 Å². The molecule has 0 saturated carbocycles. The number of nitrogens with one attached hydrogen (secondary N) is 1. The van der Waals surface area contributed by atoms with Gasteiger partial charge in [-0.3, -0.25) is 4.68 Å². The number of fused-ring (bicyclic) bond motifs is 1. The molecule has 1 N–H and O–H groups in total. The van der Waals surface area contributed by atoms with Crippen LogP contribution >= 0.6 is 0 Å². The predicted octanol–water partition coefficient (Wildman–Crippen LogP) is 2.15. The van der Waals surface area contributed by atoms with E-state index >= 15 is 0 Å². The van der Waals surface area contributed by atoms with Gasteiger partial charge in [-0.25, -0.2) is 0 Å². The smallest absolute Gasteiger partial charge is 0.122 e. The van der Waals surface area contributed by atoms with Gasteiger partial charge in [-0.05, 0) is 37.2 Å². The van der Waals surface area contributed by atoms with E-state index in [-0.39, 0.29) is 6.04 Å². The Morgan fingerprint density at radius 1 is 1.42 bits per heavy atom. The monoisotopic (exact) mass is 257 g/mol. The molecule has 4 heteroatoms. The van der Waals surface area contributed by atoms with Gasteiger partial charge in [0.1, 0.15) is 5.75 Å². The standard InChI is InChI=1S/C15H19N3O/c1-3-18-13(6-8-17-18)15(16-2)12-4-5-14-11(10-12)7-9-19-14/h4-6,8,10,15-16H,3,7,9H2,1-2H3. The molecule has 0 aliphatic carbocycles. The number of benzene rings is 1. The van der Waals surface area contributed by atoms with Gasteiger partial charge < -0.3 is 10.1 Å². The normalized spacial score (nSPS) is 15.1. The van der Waals surface area contributed by atoms with Crippen LogP contribution in [0.4, 0.5) is 0 Å². The van der Waals surface area contributed by atoms with Crippen molar-refractivity contribution in [2.24, 2.45) is 0 Å². The molecule has 1 unspecified atom stereocenters. The summed E-state index contributed by atoms with van der Waals surface area (Å²) in [6, 6.07) is 8.71. The van der Waals surface area contributed by atoms with Crippen molar-refractivity contribution in [2.75, 3.05) is 13.7 Å². The highest BCUT2D eigenvalue weighted by atomic mass is 16.5. The van der Waals surface area contributed by atoms with Crippen LogP contribution in [0.5, 0.6) is 5.75 Å². The zero-order valence-electron chi connectivity index (χ0n) is 11.4. The van der Waals surface area contributed by atoms with E-state index in [1.54, 1.807) is 0 Å². The summed E-state index contributed by atoms with van der Waals surface area (Å²) in [5.41, 5.74) is 3.77. The summed E-state index contributed by atoms with van der Waals surface area (Å²) in [7, 11) is 1.99. The Morgan fingerprint density at radius 2 is 2.32 bits per heavy atom. The molecule has 0 radical (unpaired) electrons. The minimum Gasteiger partial charge on any atom is -0.493 e. The highest BCUT2D eigenvalue weighted by molar-refractivity contribution is 5.42. The van der Waals surface area contributed by atoms with Crippen LogP contribution in [0.3, 0.4) is 0 Å². The van der Waals surface area contributed by atoms with Crippen LogP contribution in [0.25, 0.3) is 0 Å². The molecule has 1 aromatic carbocycles. The third kappa shape index (κ3) is 2.12. The number of ether oxygens (including phenoxy) is 1. The molecule has 1 aromatic heterocycles. The number of rotatable bonds is 4. The lowest BCUT2D eigenvalue weighted by molar-refractivity contribution is 0.357. The van der Waals surface area contributed by atoms with Crippen LogP contribution in [-0.4, -0.2) is 23.4 Å². The minimum absolute atomic E-state index is 0.174. The molecule has 0 bridgehead atoms. The number of aryl methyl sites for hydroxylation is 1. The van der Waals surface area contributed by atoms with Crippen molar-refractivity contribution in [3.63, 3.8) is 0 Å². The van der Waals surface area contributed by atoms with Gasteiger partial charge >= 0.3 is 0 Å². The van der Waals surface area contributed by atoms with Crippen molar-refractivity contribution in [2.45, 2.75) is 25.9 Å². The minimum atomic E-state index is 0.174. The van der Waals surface area contributed by atoms with Gasteiger partial charge in [0.15, 0.2) is 0 Å². The number of nitrogens with zero attached hydrogens (tertiary/aromatic N) is 2. The third-order valence-electron chi connectivity index (χ3n) is 3.68. The summed E-state index contributed by atoms with van der Waals surface area (Å²) in [4.78, 5) is 0. The van der Waals surface area contributed by atoms with E-state index in [9.17, 15) is 0 Å². The van der Waals surface area contributed by atoms with E-state index in [2.05, 4.69) is 41.6 Å². The first-order valence-corrected chi connectivity index (χ1v) is 6.78. The Morgan fingerprint density at radius 3 is 3.11 bits per heavy atom. The van der Waals surface area contributed by atoms with E-state index in [1.807, 2.05) is 17.9 Å². The Bertz CT molecular complexity index is 577. The summed E-state index contributed by atoms with van der Waals surface area (Å²) in [5, 5.41) is 7.74. The highest BCUT2D eigenvalue weighted by Crippen LogP contribution is 2.30. The Labute approximate surface area is 113 Å². The molecule has 0 fully saturated rings. The second-order valence-corrected chi connectivity index (χ2v) is 4.76. The molecule has 1 atom stereocenters. The van der Waals surface area contributed by atoms with Gasteiger partial charge in [0.2, 0.25) is 0 Å². The Kier molecular flexibility index (Phi) is 3.25. The first-order chi connectivity index (χ1) is 9.33. The van der Waals surface area contributed by atoms with E-state index in [0.29, 0.717) is 0 Å². The van der Waals surface area contributed by atoms with Crippen molar-refractivity contribution >= 4 is 0 Å². The number of hydrogen-bond donors (Lipinski definition) is 1. The summed E-state index contributed by atoms with van der Waals surface area (Å²) in [5.74, 6) is 1.03. The molecule has 0 saturated heterocycles. The zero-order chi connectivity index (χ0) is 13.2. The van der Waals surface area contributed by atoms with E-state index in [1.165, 1.54) is 16.8 Å². The quantitative estimate of drug-likeness (QED) is 0.912. The second-order valence-electron chi connectivity index (χ2n) is 4.76. The van der Waals surface area contributed by atoms with Gasteiger partial charge in [0.05, 0.1) is 18.3 Å². The van der Waals surface area contributed by atoms with Crippen LogP contribution in [0, 0.1) is 0 Å². The fraction of sp³-hybridized carbons (Fsp3) is 0.400. The first kappa shape index (κ1) is 12.2. The van der Waals surface area contributed by atoms with Crippen LogP contribution in [0.1, 0.15) is 29.8 Å². The summed E-state index contributed by atoms with van der Waals surface area (Å²) in [6.45, 7) is 3.80. The maximum Gasteiger partial charge on any atom is 0.122 e. The fourth-order valence-electron chi connectivity index (χ4n) is 2.72. The third-order valence-corrected chi connectivity index (χ3v) is 3.68. The Balaban J connectivity index is 1.98. The molecule has 0 spiro atoms. The second kappa shape index (κ2) is 5.05. The zero-order valence-corrected chi connectivity index (χ0v) is 11.4. The lowest BCUT2D eigenvalue weighted by Gasteiger charge is -2.18. The largest absolute Gasteiger partial charge is 0.493 e. The highest BCUT2D eigenvalue weighted by Gasteiger charge is 2.19. The van der Waals surface area contributed by atoms with Crippen LogP contribution in [0.2, 0.25) is 0 Å². The molecule has 19 heavy (non-hydrogen) atoms. The van der Waals surface area contributed by atoms with Crippen LogP contribution < -0.4 is 10.1 Å². The maximum absolute atomic E-state index is 5.56. The lowest BCUT2D eigenvalue weighted by Crippen LogP contribution is -2.21. The fourth-order valence-corrected chi connectivity index (χ4v) is 2.72. The van der Waals surface area contributed by atoms with Gasteiger partial charge in [-0.2, -0.15) is 5.10 Å². The van der Waals surface area contributed by atoms with E-state index in [4.69, 9.17) is 4.74 Å². The molecule has 2 heterocycles. The lowest BCUT2D eigenvalue weighted by atomic mass is 10.00. The molecular weight excluding hydrogens is 238 g/mol. The van der Waals surface area contributed by atoms with Crippen LogP contribution in [0.15, 0.2) is 30.5 Å². The average Bonchev–Trinajstić information content (AvgIpc) is 3.07. The topological polar surface area (TPSA) is 39.1 Å². The Hall–Kier alpha value is -1.81. The molecule has 2 aromatic rings. The molecule has 100 valence electrons. The predicted molar refractivity (Wildman–Crippen MR) is 74.4 cm³/mol. The molecule has 3 rings (SSSR count).